The Morgan fingerprint density at radius 3 is 2.50 bits per heavy atom. The largest absolute Gasteiger partial charge is 0.364 e. The van der Waals surface area contributed by atoms with E-state index in [4.69, 9.17) is 9.52 Å². The van der Waals surface area contributed by atoms with Gasteiger partial charge in [0.1, 0.15) is 6.26 Å². The minimum atomic E-state index is 0.357. The molecule has 2 aliphatic rings. The van der Waals surface area contributed by atoms with E-state index in [2.05, 4.69) is 62.4 Å². The Morgan fingerprint density at radius 2 is 1.83 bits per heavy atom. The molecule has 1 N–H and O–H groups in total. The number of nitrogens with one attached hydrogen (secondary N) is 1. The van der Waals surface area contributed by atoms with E-state index in [0.717, 1.165) is 57.5 Å². The number of guanidine groups is 1. The lowest BCUT2D eigenvalue weighted by Crippen LogP contribution is -2.52. The second kappa shape index (κ2) is 10.6. The molecule has 4 rings (SSSR count). The summed E-state index contributed by atoms with van der Waals surface area (Å²) in [7, 11) is 0. The van der Waals surface area contributed by atoms with Crippen molar-refractivity contribution in [2.45, 2.75) is 32.4 Å². The van der Waals surface area contributed by atoms with Crippen LogP contribution in [0.1, 0.15) is 37.1 Å². The standard InChI is InChI=1S/C23H34N6O/c1-2-24-23(29-15-13-27(14-16-29)19-21-10-17-30-26-21)25-18-22(28-11-6-7-12-28)20-8-4-3-5-9-20/h3-5,8-10,17,22H,2,6-7,11-16,18-19H2,1H3,(H,24,25). The Bertz CT molecular complexity index is 764. The number of hydrogen-bond donors (Lipinski definition) is 1. The first-order chi connectivity index (χ1) is 14.8. The average molecular weight is 411 g/mol. The predicted octanol–water partition coefficient (Wildman–Crippen LogP) is 2.59. The molecule has 1 aromatic heterocycles. The van der Waals surface area contributed by atoms with E-state index in [-0.39, 0.29) is 0 Å². The van der Waals surface area contributed by atoms with Crippen molar-refractivity contribution in [3.63, 3.8) is 0 Å². The molecule has 162 valence electrons. The van der Waals surface area contributed by atoms with E-state index in [1.165, 1.54) is 31.5 Å². The van der Waals surface area contributed by atoms with Crippen molar-refractivity contribution in [3.8, 4) is 0 Å². The van der Waals surface area contributed by atoms with Crippen LogP contribution in [0, 0.1) is 0 Å². The molecule has 0 bridgehead atoms. The highest BCUT2D eigenvalue weighted by Crippen LogP contribution is 2.25. The van der Waals surface area contributed by atoms with E-state index >= 15 is 0 Å². The number of hydrogen-bond acceptors (Lipinski definition) is 5. The third-order valence-electron chi connectivity index (χ3n) is 6.06. The fourth-order valence-electron chi connectivity index (χ4n) is 4.42. The Labute approximate surface area is 179 Å². The average Bonchev–Trinajstić information content (AvgIpc) is 3.49. The molecule has 0 amide bonds. The van der Waals surface area contributed by atoms with Crippen molar-refractivity contribution in [2.24, 2.45) is 4.99 Å². The number of aromatic nitrogens is 1. The van der Waals surface area contributed by atoms with Crippen molar-refractivity contribution in [3.05, 3.63) is 53.9 Å². The third-order valence-corrected chi connectivity index (χ3v) is 6.06. The minimum absolute atomic E-state index is 0.357. The number of piperazine rings is 1. The first kappa shape index (κ1) is 20.9. The SMILES string of the molecule is CCNC(=NCC(c1ccccc1)N1CCCC1)N1CCN(Cc2ccon2)CC1. The maximum absolute atomic E-state index is 5.10. The summed E-state index contributed by atoms with van der Waals surface area (Å²) in [4.78, 5) is 12.5. The van der Waals surface area contributed by atoms with Crippen LogP contribution in [0.3, 0.4) is 0 Å². The fourth-order valence-corrected chi connectivity index (χ4v) is 4.42. The summed E-state index contributed by atoms with van der Waals surface area (Å²) in [6.45, 7) is 11.0. The van der Waals surface area contributed by atoms with E-state index in [0.29, 0.717) is 6.04 Å². The Kier molecular flexibility index (Phi) is 7.37. The second-order valence-corrected chi connectivity index (χ2v) is 8.12. The van der Waals surface area contributed by atoms with Gasteiger partial charge >= 0.3 is 0 Å². The number of likely N-dealkylation sites (tertiary alicyclic amines) is 1. The highest BCUT2D eigenvalue weighted by molar-refractivity contribution is 5.80. The van der Waals surface area contributed by atoms with Crippen LogP contribution < -0.4 is 5.32 Å². The Balaban J connectivity index is 1.40. The van der Waals surface area contributed by atoms with Gasteiger partial charge in [-0.3, -0.25) is 14.8 Å². The van der Waals surface area contributed by atoms with Gasteiger partial charge in [0.15, 0.2) is 5.96 Å². The highest BCUT2D eigenvalue weighted by atomic mass is 16.5. The van der Waals surface area contributed by atoms with E-state index in [1.54, 1.807) is 6.26 Å². The summed E-state index contributed by atoms with van der Waals surface area (Å²) in [5.74, 6) is 1.04. The highest BCUT2D eigenvalue weighted by Gasteiger charge is 2.25. The minimum Gasteiger partial charge on any atom is -0.364 e. The maximum atomic E-state index is 5.10. The van der Waals surface area contributed by atoms with Gasteiger partial charge in [0.2, 0.25) is 0 Å². The zero-order valence-corrected chi connectivity index (χ0v) is 18.0. The molecular formula is C23H34N6O. The third kappa shape index (κ3) is 5.40. The van der Waals surface area contributed by atoms with E-state index in [1.807, 2.05) is 6.07 Å². The molecule has 2 aromatic rings. The van der Waals surface area contributed by atoms with Crippen molar-refractivity contribution in [1.82, 2.24) is 25.2 Å². The van der Waals surface area contributed by atoms with Gasteiger partial charge in [-0.1, -0.05) is 35.5 Å². The van der Waals surface area contributed by atoms with Gasteiger partial charge in [-0.2, -0.15) is 0 Å². The predicted molar refractivity (Wildman–Crippen MR) is 119 cm³/mol. The second-order valence-electron chi connectivity index (χ2n) is 8.12. The number of benzene rings is 1. The normalized spacial score (nSPS) is 19.9. The molecule has 7 heteroatoms. The van der Waals surface area contributed by atoms with Crippen molar-refractivity contribution in [1.29, 1.82) is 0 Å². The summed E-state index contributed by atoms with van der Waals surface area (Å²) in [5, 5.41) is 7.56. The van der Waals surface area contributed by atoms with Gasteiger partial charge < -0.3 is 14.7 Å². The first-order valence-electron chi connectivity index (χ1n) is 11.3. The number of rotatable bonds is 7. The first-order valence-corrected chi connectivity index (χ1v) is 11.3. The van der Waals surface area contributed by atoms with Crippen LogP contribution in [0.25, 0.3) is 0 Å². The quantitative estimate of drug-likeness (QED) is 0.559. The molecular weight excluding hydrogens is 376 g/mol. The van der Waals surface area contributed by atoms with Crippen molar-refractivity contribution >= 4 is 5.96 Å². The molecule has 0 radical (unpaired) electrons. The van der Waals surface area contributed by atoms with Gasteiger partial charge in [-0.05, 0) is 38.4 Å². The molecule has 0 saturated carbocycles. The lowest BCUT2D eigenvalue weighted by molar-refractivity contribution is 0.168. The number of aliphatic imine (C=N–C) groups is 1. The van der Waals surface area contributed by atoms with Gasteiger partial charge in [-0.25, -0.2) is 0 Å². The monoisotopic (exact) mass is 410 g/mol. The zero-order valence-electron chi connectivity index (χ0n) is 18.0. The maximum Gasteiger partial charge on any atom is 0.194 e. The molecule has 7 nitrogen and oxygen atoms in total. The Morgan fingerprint density at radius 1 is 1.07 bits per heavy atom. The lowest BCUT2D eigenvalue weighted by Gasteiger charge is -2.36. The zero-order chi connectivity index (χ0) is 20.6. The van der Waals surface area contributed by atoms with Crippen LogP contribution in [0.15, 0.2) is 52.2 Å². The molecule has 2 fully saturated rings. The molecule has 30 heavy (non-hydrogen) atoms. The van der Waals surface area contributed by atoms with Crippen molar-refractivity contribution < 1.29 is 4.52 Å². The summed E-state index contributed by atoms with van der Waals surface area (Å²) in [6, 6.07) is 13.2. The topological polar surface area (TPSA) is 60.1 Å². The molecule has 2 aliphatic heterocycles. The molecule has 1 atom stereocenters. The van der Waals surface area contributed by atoms with Crippen LogP contribution >= 0.6 is 0 Å². The molecule has 0 spiro atoms. The summed E-state index contributed by atoms with van der Waals surface area (Å²) in [6.07, 6.45) is 4.23. The Hall–Kier alpha value is -2.38. The van der Waals surface area contributed by atoms with Crippen LogP contribution in [0.2, 0.25) is 0 Å². The van der Waals surface area contributed by atoms with Crippen LogP contribution in [0.4, 0.5) is 0 Å². The fraction of sp³-hybridized carbons (Fsp3) is 0.565. The van der Waals surface area contributed by atoms with Gasteiger partial charge in [0.25, 0.3) is 0 Å². The smallest absolute Gasteiger partial charge is 0.194 e. The van der Waals surface area contributed by atoms with Gasteiger partial charge in [-0.15, -0.1) is 0 Å². The van der Waals surface area contributed by atoms with Crippen molar-refractivity contribution in [2.75, 3.05) is 52.4 Å². The summed E-state index contributed by atoms with van der Waals surface area (Å²) < 4.78 is 4.96. The lowest BCUT2D eigenvalue weighted by atomic mass is 10.1. The summed E-state index contributed by atoms with van der Waals surface area (Å²) in [5.41, 5.74) is 2.37. The number of nitrogens with zero attached hydrogens (tertiary/aromatic N) is 5. The van der Waals surface area contributed by atoms with Crippen LogP contribution in [0.5, 0.6) is 0 Å². The van der Waals surface area contributed by atoms with Gasteiger partial charge in [0, 0.05) is 45.3 Å². The van der Waals surface area contributed by atoms with E-state index in [9.17, 15) is 0 Å². The van der Waals surface area contributed by atoms with Crippen LogP contribution in [-0.2, 0) is 6.54 Å². The van der Waals surface area contributed by atoms with Gasteiger partial charge in [0.05, 0.1) is 18.3 Å². The van der Waals surface area contributed by atoms with Crippen LogP contribution in [-0.4, -0.2) is 78.2 Å². The molecule has 3 heterocycles. The molecule has 2 saturated heterocycles. The molecule has 1 aromatic carbocycles. The molecule has 0 aliphatic carbocycles. The van der Waals surface area contributed by atoms with E-state index < -0.39 is 0 Å². The summed E-state index contributed by atoms with van der Waals surface area (Å²) >= 11 is 0. The molecule has 1 unspecified atom stereocenters.